The number of nitrogens with one attached hydrogen (secondary N) is 2. The largest absolute Gasteiger partial charge is 0.547 e. The number of aromatic nitrogens is 2. The van der Waals surface area contributed by atoms with Gasteiger partial charge in [0.05, 0.1) is 17.1 Å². The molecular formula is C17H14BN3O5. The Bertz CT molecular complexity index is 1020. The Kier molecular flexibility index (Phi) is 3.85. The number of aromatic amines is 1. The van der Waals surface area contributed by atoms with Gasteiger partial charge in [-0.2, -0.15) is 0 Å². The predicted molar refractivity (Wildman–Crippen MR) is 93.1 cm³/mol. The molecule has 0 radical (unpaired) electrons. The first-order chi connectivity index (χ1) is 12.5. The summed E-state index contributed by atoms with van der Waals surface area (Å²) in [5, 5.41) is 22.9. The number of carboxylic acid groups (broad SMARTS) is 1. The average molecular weight is 351 g/mol. The maximum atomic E-state index is 12.6. The Morgan fingerprint density at radius 1 is 1.27 bits per heavy atom. The highest BCUT2D eigenvalue weighted by Crippen LogP contribution is 2.30. The van der Waals surface area contributed by atoms with Crippen molar-refractivity contribution < 1.29 is 24.4 Å². The van der Waals surface area contributed by atoms with Gasteiger partial charge in [-0.15, -0.1) is 0 Å². The smallest absolute Gasteiger partial charge is 0.534 e. The van der Waals surface area contributed by atoms with Crippen molar-refractivity contribution in [2.24, 2.45) is 0 Å². The van der Waals surface area contributed by atoms with Gasteiger partial charge >= 0.3 is 13.1 Å². The molecule has 0 bridgehead atoms. The molecule has 3 heterocycles. The van der Waals surface area contributed by atoms with Gasteiger partial charge in [-0.3, -0.25) is 4.79 Å². The Morgan fingerprint density at radius 2 is 2.12 bits per heavy atom. The summed E-state index contributed by atoms with van der Waals surface area (Å²) in [5.41, 5.74) is 1.59. The van der Waals surface area contributed by atoms with E-state index in [-0.39, 0.29) is 23.6 Å². The van der Waals surface area contributed by atoms with Crippen LogP contribution in [0.25, 0.3) is 11.0 Å². The van der Waals surface area contributed by atoms with Crippen LogP contribution in [-0.4, -0.2) is 45.0 Å². The summed E-state index contributed by atoms with van der Waals surface area (Å²) in [7, 11) is -1.35. The molecule has 4 N–H and O–H groups in total. The van der Waals surface area contributed by atoms with Crippen LogP contribution in [0.2, 0.25) is 0 Å². The minimum Gasteiger partial charge on any atom is -0.534 e. The van der Waals surface area contributed by atoms with Gasteiger partial charge in [0.1, 0.15) is 11.4 Å². The number of amides is 1. The number of para-hydroxylation sites is 1. The number of aromatic carboxylic acids is 1. The molecule has 26 heavy (non-hydrogen) atoms. The number of rotatable bonds is 3. The summed E-state index contributed by atoms with van der Waals surface area (Å²) >= 11 is 0. The molecule has 4 rings (SSSR count). The molecule has 130 valence electrons. The van der Waals surface area contributed by atoms with Gasteiger partial charge in [0, 0.05) is 17.8 Å². The van der Waals surface area contributed by atoms with Crippen molar-refractivity contribution in [2.45, 2.75) is 12.4 Å². The topological polar surface area (TPSA) is 125 Å². The van der Waals surface area contributed by atoms with E-state index in [1.807, 2.05) is 0 Å². The lowest BCUT2D eigenvalue weighted by atomic mass is 9.72. The number of hydrogen-bond donors (Lipinski definition) is 4. The Morgan fingerprint density at radius 3 is 2.92 bits per heavy atom. The van der Waals surface area contributed by atoms with Gasteiger partial charge in [0.25, 0.3) is 5.91 Å². The first-order valence-corrected chi connectivity index (χ1v) is 7.97. The van der Waals surface area contributed by atoms with Gasteiger partial charge in [-0.1, -0.05) is 12.1 Å². The van der Waals surface area contributed by atoms with Crippen LogP contribution < -0.4 is 9.97 Å². The molecule has 1 unspecified atom stereocenters. The highest BCUT2D eigenvalue weighted by atomic mass is 16.5. The monoisotopic (exact) mass is 351 g/mol. The molecule has 0 aliphatic carbocycles. The number of carbonyl (C=O) groups excluding carboxylic acids is 1. The summed E-state index contributed by atoms with van der Waals surface area (Å²) in [5.74, 6) is -2.09. The van der Waals surface area contributed by atoms with E-state index in [9.17, 15) is 19.7 Å². The second-order valence-electron chi connectivity index (χ2n) is 5.99. The molecular weight excluding hydrogens is 337 g/mol. The minimum atomic E-state index is -1.35. The van der Waals surface area contributed by atoms with Crippen LogP contribution in [0.3, 0.4) is 0 Å². The van der Waals surface area contributed by atoms with Crippen LogP contribution in [0.4, 0.5) is 0 Å². The summed E-state index contributed by atoms with van der Waals surface area (Å²) in [4.78, 5) is 30.9. The van der Waals surface area contributed by atoms with Gasteiger partial charge in [-0.25, -0.2) is 9.78 Å². The zero-order chi connectivity index (χ0) is 18.3. The van der Waals surface area contributed by atoms with E-state index >= 15 is 0 Å². The van der Waals surface area contributed by atoms with Crippen molar-refractivity contribution in [1.29, 1.82) is 0 Å². The quantitative estimate of drug-likeness (QED) is 0.522. The van der Waals surface area contributed by atoms with Crippen LogP contribution in [0, 0.1) is 0 Å². The summed E-state index contributed by atoms with van der Waals surface area (Å²) in [6.45, 7) is 0. The number of benzene rings is 1. The van der Waals surface area contributed by atoms with Crippen LogP contribution in [0.15, 0.2) is 42.7 Å². The Labute approximate surface area is 148 Å². The van der Waals surface area contributed by atoms with Crippen LogP contribution in [0.1, 0.15) is 26.3 Å². The molecule has 0 fully saturated rings. The molecule has 1 amide bonds. The maximum absolute atomic E-state index is 12.6. The van der Waals surface area contributed by atoms with Crippen LogP contribution in [0.5, 0.6) is 5.75 Å². The highest BCUT2D eigenvalue weighted by Gasteiger charge is 2.38. The normalized spacial score (nSPS) is 16.0. The van der Waals surface area contributed by atoms with Crippen LogP contribution >= 0.6 is 0 Å². The van der Waals surface area contributed by atoms with Gasteiger partial charge < -0.3 is 25.1 Å². The van der Waals surface area contributed by atoms with E-state index in [4.69, 9.17) is 4.65 Å². The van der Waals surface area contributed by atoms with E-state index in [2.05, 4.69) is 15.3 Å². The first-order valence-electron chi connectivity index (χ1n) is 7.97. The molecule has 2 aromatic heterocycles. The third-order valence-electron chi connectivity index (χ3n) is 4.36. The van der Waals surface area contributed by atoms with Crippen molar-refractivity contribution in [1.82, 2.24) is 15.3 Å². The SMILES string of the molecule is O=C(O)c1cccc2c1OB(O)C(NC(=O)c1c[nH]c3ncccc13)C2. The third-order valence-corrected chi connectivity index (χ3v) is 4.36. The maximum Gasteiger partial charge on any atom is 0.547 e. The third kappa shape index (κ3) is 2.68. The minimum absolute atomic E-state index is 0.0194. The first kappa shape index (κ1) is 16.2. The second-order valence-corrected chi connectivity index (χ2v) is 5.99. The van der Waals surface area contributed by atoms with E-state index in [1.54, 1.807) is 36.7 Å². The Balaban J connectivity index is 1.59. The standard InChI is InChI=1S/C17H14BN3O5/c22-16(12-8-20-15-10(12)5-2-6-19-15)21-13-7-9-3-1-4-11(17(23)24)14(9)26-18(13)25/h1-6,8,13,25H,7H2,(H,19,20)(H,21,22)(H,23,24). The number of hydrogen-bond acceptors (Lipinski definition) is 5. The zero-order valence-corrected chi connectivity index (χ0v) is 13.5. The fraction of sp³-hybridized carbons (Fsp3) is 0.118. The Hall–Kier alpha value is -3.33. The molecule has 0 saturated heterocycles. The van der Waals surface area contributed by atoms with Gasteiger partial charge in [-0.05, 0) is 30.2 Å². The van der Waals surface area contributed by atoms with Crippen LogP contribution in [-0.2, 0) is 6.42 Å². The summed E-state index contributed by atoms with van der Waals surface area (Å²) in [6.07, 6.45) is 3.43. The molecule has 1 aliphatic heterocycles. The molecule has 0 saturated carbocycles. The number of pyridine rings is 1. The molecule has 1 aliphatic rings. The number of nitrogens with zero attached hydrogens (tertiary/aromatic N) is 1. The number of H-pyrrole nitrogens is 1. The van der Waals surface area contributed by atoms with Gasteiger partial charge in [0.15, 0.2) is 0 Å². The lowest BCUT2D eigenvalue weighted by Gasteiger charge is -2.28. The molecule has 0 spiro atoms. The fourth-order valence-corrected chi connectivity index (χ4v) is 3.11. The molecule has 8 nitrogen and oxygen atoms in total. The van der Waals surface area contributed by atoms with E-state index in [0.29, 0.717) is 22.2 Å². The lowest BCUT2D eigenvalue weighted by molar-refractivity contribution is 0.0693. The van der Waals surface area contributed by atoms with Crippen molar-refractivity contribution >= 4 is 30.0 Å². The average Bonchev–Trinajstić information content (AvgIpc) is 3.06. The van der Waals surface area contributed by atoms with Crippen molar-refractivity contribution in [2.75, 3.05) is 0 Å². The predicted octanol–water partition coefficient (Wildman–Crippen LogP) is 1.01. The number of fused-ring (bicyclic) bond motifs is 2. The molecule has 1 atom stereocenters. The summed E-state index contributed by atoms with van der Waals surface area (Å²) < 4.78 is 5.38. The molecule has 9 heteroatoms. The second kappa shape index (κ2) is 6.19. The highest BCUT2D eigenvalue weighted by molar-refractivity contribution is 6.47. The number of carboxylic acids is 1. The molecule has 1 aromatic carbocycles. The van der Waals surface area contributed by atoms with E-state index in [1.165, 1.54) is 6.07 Å². The number of carbonyl (C=O) groups is 2. The van der Waals surface area contributed by atoms with E-state index in [0.717, 1.165) is 0 Å². The lowest BCUT2D eigenvalue weighted by Crippen LogP contribution is -2.53. The van der Waals surface area contributed by atoms with E-state index < -0.39 is 19.0 Å². The van der Waals surface area contributed by atoms with Crippen molar-refractivity contribution in [3.8, 4) is 5.75 Å². The fourth-order valence-electron chi connectivity index (χ4n) is 3.11. The zero-order valence-electron chi connectivity index (χ0n) is 13.5. The van der Waals surface area contributed by atoms with Crippen molar-refractivity contribution in [3.63, 3.8) is 0 Å². The molecule has 3 aromatic rings. The van der Waals surface area contributed by atoms with Crippen molar-refractivity contribution in [3.05, 3.63) is 59.4 Å². The van der Waals surface area contributed by atoms with Gasteiger partial charge in [0.2, 0.25) is 0 Å². The summed E-state index contributed by atoms with van der Waals surface area (Å²) in [6, 6.07) is 8.23.